The van der Waals surface area contributed by atoms with E-state index in [-0.39, 0.29) is 5.66 Å². The van der Waals surface area contributed by atoms with Gasteiger partial charge in [-0.2, -0.15) is 0 Å². The first kappa shape index (κ1) is 31.6. The fourth-order valence-electron chi connectivity index (χ4n) is 8.29. The Labute approximate surface area is 286 Å². The standard InChI is InChI=1S/C43H43O4P/c1-41(2)44-39-40(45-41)43(35-26-14-6-15-27-35,36-28-16-7-17-29-36)47-48(38-31-19-18-30-37(38)32-20-8-3-9-21-32)46-42(39,33-22-10-4-11-23-33)34-24-12-5-13-25-34/h3-17,20-29,37-40H,18-19,30-31H2,1-2H3/t37-,38+,39-,40-/m0/s1. The summed E-state index contributed by atoms with van der Waals surface area (Å²) in [6.07, 6.45) is 3.34. The van der Waals surface area contributed by atoms with E-state index in [1.54, 1.807) is 0 Å². The third-order valence-electron chi connectivity index (χ3n) is 10.4. The summed E-state index contributed by atoms with van der Waals surface area (Å²) in [5, 5.41) is 0. The lowest BCUT2D eigenvalue weighted by atomic mass is 9.72. The molecule has 5 heteroatoms. The highest BCUT2D eigenvalue weighted by Gasteiger charge is 2.67. The van der Waals surface area contributed by atoms with Gasteiger partial charge in [0.15, 0.2) is 25.4 Å². The van der Waals surface area contributed by atoms with Gasteiger partial charge in [0, 0.05) is 5.66 Å². The molecule has 5 aromatic rings. The Hall–Kier alpha value is -3.63. The molecule has 2 saturated heterocycles. The minimum atomic E-state index is -1.57. The van der Waals surface area contributed by atoms with Gasteiger partial charge in [0.25, 0.3) is 0 Å². The minimum absolute atomic E-state index is 0.154. The Morgan fingerprint density at radius 3 is 1.23 bits per heavy atom. The van der Waals surface area contributed by atoms with Crippen molar-refractivity contribution in [3.05, 3.63) is 179 Å². The molecule has 1 aliphatic carbocycles. The van der Waals surface area contributed by atoms with Crippen molar-refractivity contribution in [3.63, 3.8) is 0 Å². The van der Waals surface area contributed by atoms with Crippen LogP contribution in [0.4, 0.5) is 0 Å². The third-order valence-corrected chi connectivity index (χ3v) is 12.5. The summed E-state index contributed by atoms with van der Waals surface area (Å²) in [4.78, 5) is 0. The molecule has 0 N–H and O–H groups in total. The molecule has 48 heavy (non-hydrogen) atoms. The highest BCUT2D eigenvalue weighted by Crippen LogP contribution is 2.68. The predicted molar refractivity (Wildman–Crippen MR) is 192 cm³/mol. The van der Waals surface area contributed by atoms with Gasteiger partial charge in [0.2, 0.25) is 0 Å². The molecule has 0 aromatic heterocycles. The number of fused-ring (bicyclic) bond motifs is 1. The maximum absolute atomic E-state index is 7.91. The van der Waals surface area contributed by atoms with Crippen molar-refractivity contribution in [1.82, 2.24) is 0 Å². The third kappa shape index (κ3) is 5.45. The minimum Gasteiger partial charge on any atom is -0.341 e. The lowest BCUT2D eigenvalue weighted by Crippen LogP contribution is -2.53. The fourth-order valence-corrected chi connectivity index (χ4v) is 10.8. The summed E-state index contributed by atoms with van der Waals surface area (Å²) < 4.78 is 30.2. The average Bonchev–Trinajstić information content (AvgIpc) is 3.43. The van der Waals surface area contributed by atoms with Crippen molar-refractivity contribution < 1.29 is 18.5 Å². The maximum atomic E-state index is 7.91. The van der Waals surface area contributed by atoms with E-state index in [2.05, 4.69) is 152 Å². The van der Waals surface area contributed by atoms with Crippen LogP contribution in [0.2, 0.25) is 0 Å². The molecule has 4 atom stereocenters. The predicted octanol–water partition coefficient (Wildman–Crippen LogP) is 10.5. The van der Waals surface area contributed by atoms with E-state index in [1.165, 1.54) is 12.0 Å². The van der Waals surface area contributed by atoms with Crippen LogP contribution in [0.25, 0.3) is 0 Å². The van der Waals surface area contributed by atoms with Crippen LogP contribution in [0.1, 0.15) is 73.3 Å². The highest BCUT2D eigenvalue weighted by atomic mass is 31.2. The van der Waals surface area contributed by atoms with Gasteiger partial charge < -0.3 is 18.5 Å². The summed E-state index contributed by atoms with van der Waals surface area (Å²) in [6.45, 7) is 4.02. The van der Waals surface area contributed by atoms with Crippen LogP contribution in [0.5, 0.6) is 0 Å². The van der Waals surface area contributed by atoms with Gasteiger partial charge in [-0.15, -0.1) is 0 Å². The second-order valence-corrected chi connectivity index (χ2v) is 15.3. The molecule has 8 rings (SSSR count). The van der Waals surface area contributed by atoms with Gasteiger partial charge in [-0.25, -0.2) is 0 Å². The Bertz CT molecular complexity index is 1600. The Balaban J connectivity index is 1.44. The topological polar surface area (TPSA) is 36.9 Å². The molecule has 244 valence electrons. The van der Waals surface area contributed by atoms with Crippen LogP contribution < -0.4 is 0 Å². The molecule has 0 unspecified atom stereocenters. The lowest BCUT2D eigenvalue weighted by molar-refractivity contribution is -0.174. The van der Waals surface area contributed by atoms with Crippen LogP contribution in [0.3, 0.4) is 0 Å². The van der Waals surface area contributed by atoms with Crippen molar-refractivity contribution in [3.8, 4) is 0 Å². The summed E-state index contributed by atoms with van der Waals surface area (Å²) in [7, 11) is -1.57. The summed E-state index contributed by atoms with van der Waals surface area (Å²) >= 11 is 0. The molecule has 2 heterocycles. The Kier molecular flexibility index (Phi) is 8.57. The van der Waals surface area contributed by atoms with E-state index in [0.717, 1.165) is 41.5 Å². The molecule has 5 aromatic carbocycles. The van der Waals surface area contributed by atoms with E-state index in [0.29, 0.717) is 5.92 Å². The van der Waals surface area contributed by atoms with Crippen LogP contribution >= 0.6 is 8.38 Å². The van der Waals surface area contributed by atoms with Gasteiger partial charge in [-0.05, 0) is 60.4 Å². The Morgan fingerprint density at radius 2 is 0.833 bits per heavy atom. The van der Waals surface area contributed by atoms with E-state index in [9.17, 15) is 0 Å². The van der Waals surface area contributed by atoms with E-state index < -0.39 is 37.6 Å². The smallest absolute Gasteiger partial charge is 0.177 e. The first-order chi connectivity index (χ1) is 23.5. The maximum Gasteiger partial charge on any atom is 0.177 e. The SMILES string of the molecule is CC1(C)O[C@H]2[C@H](O1)C(c1ccccc1)(c1ccccc1)OP([C@@H]1CCCC[C@H]1c1ccccc1)OC2(c1ccccc1)c1ccccc1. The molecule has 0 radical (unpaired) electrons. The second kappa shape index (κ2) is 13.0. The normalized spacial score (nSPS) is 26.3. The lowest BCUT2D eigenvalue weighted by Gasteiger charge is -2.44. The molecule has 1 saturated carbocycles. The zero-order chi connectivity index (χ0) is 32.6. The largest absolute Gasteiger partial charge is 0.341 e. The van der Waals surface area contributed by atoms with Crippen molar-refractivity contribution in [2.24, 2.45) is 0 Å². The molecule has 0 spiro atoms. The van der Waals surface area contributed by atoms with Gasteiger partial charge in [-0.3, -0.25) is 0 Å². The molecule has 3 fully saturated rings. The molecular weight excluding hydrogens is 611 g/mol. The van der Waals surface area contributed by atoms with Crippen molar-refractivity contribution in [2.45, 2.75) is 80.3 Å². The average molecular weight is 655 g/mol. The molecular formula is C43H43O4P. The van der Waals surface area contributed by atoms with Gasteiger partial charge in [-0.1, -0.05) is 165 Å². The number of rotatable bonds is 6. The number of hydrogen-bond acceptors (Lipinski definition) is 4. The molecule has 0 amide bonds. The molecule has 4 nitrogen and oxygen atoms in total. The monoisotopic (exact) mass is 654 g/mol. The molecule has 2 aliphatic heterocycles. The first-order valence-corrected chi connectivity index (χ1v) is 18.6. The van der Waals surface area contributed by atoms with E-state index >= 15 is 0 Å². The number of hydrogen-bond donors (Lipinski definition) is 0. The molecule has 3 aliphatic rings. The van der Waals surface area contributed by atoms with E-state index in [1.807, 2.05) is 13.8 Å². The summed E-state index contributed by atoms with van der Waals surface area (Å²) in [6, 6.07) is 53.5. The zero-order valence-electron chi connectivity index (χ0n) is 27.7. The molecule has 0 bridgehead atoms. The first-order valence-electron chi connectivity index (χ1n) is 17.3. The second-order valence-electron chi connectivity index (χ2n) is 13.7. The number of benzene rings is 5. The van der Waals surface area contributed by atoms with Gasteiger partial charge in [0.1, 0.15) is 12.2 Å². The van der Waals surface area contributed by atoms with Crippen LogP contribution in [0, 0.1) is 0 Å². The highest BCUT2D eigenvalue weighted by molar-refractivity contribution is 7.48. The van der Waals surface area contributed by atoms with Crippen molar-refractivity contribution in [1.29, 1.82) is 0 Å². The van der Waals surface area contributed by atoms with Crippen LogP contribution in [0.15, 0.2) is 152 Å². The zero-order valence-corrected chi connectivity index (χ0v) is 28.5. The fraction of sp³-hybridized carbons (Fsp3) is 0.302. The van der Waals surface area contributed by atoms with E-state index in [4.69, 9.17) is 18.5 Å². The van der Waals surface area contributed by atoms with Crippen molar-refractivity contribution >= 4 is 8.38 Å². The van der Waals surface area contributed by atoms with Crippen LogP contribution in [-0.4, -0.2) is 23.7 Å². The summed E-state index contributed by atoms with van der Waals surface area (Å²) in [5.74, 6) is -0.598. The van der Waals surface area contributed by atoms with Gasteiger partial charge >= 0.3 is 0 Å². The quantitative estimate of drug-likeness (QED) is 0.171. The Morgan fingerprint density at radius 1 is 0.479 bits per heavy atom. The van der Waals surface area contributed by atoms with Gasteiger partial charge in [0.05, 0.1) is 0 Å². The summed E-state index contributed by atoms with van der Waals surface area (Å²) in [5.41, 5.74) is 3.61. The number of ether oxygens (including phenoxy) is 2. The van der Waals surface area contributed by atoms with Crippen LogP contribution in [-0.2, 0) is 29.7 Å². The van der Waals surface area contributed by atoms with Crippen molar-refractivity contribution in [2.75, 3.05) is 0 Å².